The largest absolute Gasteiger partial charge is 0.508 e. The minimum Gasteiger partial charge on any atom is -0.508 e. The maximum Gasteiger partial charge on any atom is 0.216 e. The Morgan fingerprint density at radius 3 is 2.65 bits per heavy atom. The number of aromatic hydroxyl groups is 1. The van der Waals surface area contributed by atoms with E-state index in [1.165, 1.54) is 0 Å². The highest BCUT2D eigenvalue weighted by atomic mass is 127. The van der Waals surface area contributed by atoms with Crippen molar-refractivity contribution < 1.29 is 9.52 Å². The molecule has 3 N–H and O–H groups in total. The molecule has 144 valence electrons. The van der Waals surface area contributed by atoms with Gasteiger partial charge in [0.05, 0.1) is 6.20 Å². The Balaban J connectivity index is 0.00000338. The first kappa shape index (κ1) is 22.3. The van der Waals surface area contributed by atoms with E-state index in [1.54, 1.807) is 18.3 Å². The van der Waals surface area contributed by atoms with Gasteiger partial charge in [0.2, 0.25) is 5.89 Å². The zero-order chi connectivity index (χ0) is 18.3. The van der Waals surface area contributed by atoms with Gasteiger partial charge in [0.1, 0.15) is 18.1 Å². The molecule has 2 rings (SSSR count). The Labute approximate surface area is 172 Å². The van der Waals surface area contributed by atoms with Crippen LogP contribution in [-0.2, 0) is 18.4 Å². The summed E-state index contributed by atoms with van der Waals surface area (Å²) in [6, 6.07) is 7.28. The molecule has 0 unspecified atom stereocenters. The number of halogens is 1. The van der Waals surface area contributed by atoms with E-state index in [4.69, 9.17) is 4.42 Å². The summed E-state index contributed by atoms with van der Waals surface area (Å²) in [6.07, 6.45) is 2.57. The van der Waals surface area contributed by atoms with Crippen molar-refractivity contribution in [2.75, 3.05) is 13.1 Å². The van der Waals surface area contributed by atoms with Crippen molar-refractivity contribution in [3.63, 3.8) is 0 Å². The molecule has 1 aromatic heterocycles. The van der Waals surface area contributed by atoms with Gasteiger partial charge in [-0.15, -0.1) is 24.0 Å². The molecule has 0 saturated carbocycles. The van der Waals surface area contributed by atoms with E-state index < -0.39 is 0 Å². The highest BCUT2D eigenvalue weighted by Crippen LogP contribution is 2.22. The molecule has 0 fully saturated rings. The van der Waals surface area contributed by atoms with Crippen LogP contribution in [0.1, 0.15) is 44.9 Å². The zero-order valence-corrected chi connectivity index (χ0v) is 18.2. The Bertz CT molecular complexity index is 708. The van der Waals surface area contributed by atoms with E-state index in [1.807, 2.05) is 19.1 Å². The van der Waals surface area contributed by atoms with Crippen molar-refractivity contribution in [1.29, 1.82) is 0 Å². The lowest BCUT2D eigenvalue weighted by atomic mass is 9.94. The average Bonchev–Trinajstić information content (AvgIpc) is 3.02. The molecule has 0 aliphatic carbocycles. The quantitative estimate of drug-likeness (QED) is 0.340. The van der Waals surface area contributed by atoms with Gasteiger partial charge in [-0.25, -0.2) is 9.98 Å². The second-order valence-corrected chi connectivity index (χ2v) is 6.91. The van der Waals surface area contributed by atoms with Gasteiger partial charge in [0.15, 0.2) is 5.96 Å². The first-order chi connectivity index (χ1) is 11.9. The Hall–Kier alpha value is -1.77. The van der Waals surface area contributed by atoms with E-state index in [2.05, 4.69) is 41.4 Å². The fourth-order valence-corrected chi connectivity index (χ4v) is 2.26. The molecule has 1 heterocycles. The minimum atomic E-state index is -0.0566. The highest BCUT2D eigenvalue weighted by Gasteiger charge is 2.18. The number of phenols is 1. The second-order valence-electron chi connectivity index (χ2n) is 6.91. The van der Waals surface area contributed by atoms with Gasteiger partial charge in [0.25, 0.3) is 0 Å². The van der Waals surface area contributed by atoms with Gasteiger partial charge in [-0.3, -0.25) is 0 Å². The molecule has 0 radical (unpaired) electrons. The van der Waals surface area contributed by atoms with Crippen LogP contribution in [0.3, 0.4) is 0 Å². The van der Waals surface area contributed by atoms with E-state index in [-0.39, 0.29) is 35.1 Å². The van der Waals surface area contributed by atoms with Crippen molar-refractivity contribution in [2.45, 2.75) is 46.1 Å². The molecule has 0 amide bonds. The maximum atomic E-state index is 9.50. The van der Waals surface area contributed by atoms with E-state index in [0.29, 0.717) is 19.0 Å². The standard InChI is InChI=1S/C19H28N4O2.HI/c1-5-20-18(21-10-9-14-7-6-8-15(24)11-14)23-13-17-22-12-16(25-17)19(2,3)4;/h6-8,11-12,24H,5,9-10,13H2,1-4H3,(H2,20,21,23);1H. The molecule has 1 aromatic carbocycles. The SMILES string of the molecule is CCNC(=NCc1ncc(C(C)(C)C)o1)NCCc1cccc(O)c1.I. The van der Waals surface area contributed by atoms with Crippen LogP contribution in [0.2, 0.25) is 0 Å². The van der Waals surface area contributed by atoms with Crippen LogP contribution >= 0.6 is 24.0 Å². The fraction of sp³-hybridized carbons (Fsp3) is 0.474. The molecular weight excluding hydrogens is 443 g/mol. The number of phenolic OH excluding ortho intramolecular Hbond substituents is 1. The maximum absolute atomic E-state index is 9.50. The van der Waals surface area contributed by atoms with Crippen molar-refractivity contribution in [1.82, 2.24) is 15.6 Å². The molecule has 6 nitrogen and oxygen atoms in total. The molecule has 26 heavy (non-hydrogen) atoms. The summed E-state index contributed by atoms with van der Waals surface area (Å²) in [4.78, 5) is 8.81. The van der Waals surface area contributed by atoms with Crippen molar-refractivity contribution >= 4 is 29.9 Å². The first-order valence-corrected chi connectivity index (χ1v) is 8.63. The van der Waals surface area contributed by atoms with E-state index in [0.717, 1.165) is 30.2 Å². The molecule has 2 aromatic rings. The molecule has 0 atom stereocenters. The van der Waals surface area contributed by atoms with Gasteiger partial charge in [-0.2, -0.15) is 0 Å². The number of aromatic nitrogens is 1. The van der Waals surface area contributed by atoms with Crippen LogP contribution in [-0.4, -0.2) is 29.1 Å². The summed E-state index contributed by atoms with van der Waals surface area (Å²) >= 11 is 0. The summed E-state index contributed by atoms with van der Waals surface area (Å²) in [7, 11) is 0. The molecule has 0 spiro atoms. The predicted molar refractivity (Wildman–Crippen MR) is 115 cm³/mol. The molecule has 0 aliphatic rings. The lowest BCUT2D eigenvalue weighted by Crippen LogP contribution is -2.38. The summed E-state index contributed by atoms with van der Waals surface area (Å²) < 4.78 is 5.76. The average molecular weight is 472 g/mol. The number of hydrogen-bond acceptors (Lipinski definition) is 4. The van der Waals surface area contributed by atoms with Crippen LogP contribution in [0, 0.1) is 0 Å². The lowest BCUT2D eigenvalue weighted by molar-refractivity contribution is 0.383. The van der Waals surface area contributed by atoms with Gasteiger partial charge >= 0.3 is 0 Å². The highest BCUT2D eigenvalue weighted by molar-refractivity contribution is 14.0. The summed E-state index contributed by atoms with van der Waals surface area (Å²) in [5.74, 6) is 2.48. The molecule has 0 saturated heterocycles. The van der Waals surface area contributed by atoms with E-state index in [9.17, 15) is 5.11 Å². The van der Waals surface area contributed by atoms with Crippen molar-refractivity contribution in [2.24, 2.45) is 4.99 Å². The van der Waals surface area contributed by atoms with Crippen LogP contribution in [0.25, 0.3) is 0 Å². The third-order valence-electron chi connectivity index (χ3n) is 3.63. The monoisotopic (exact) mass is 472 g/mol. The van der Waals surface area contributed by atoms with Gasteiger partial charge in [-0.1, -0.05) is 32.9 Å². The fourth-order valence-electron chi connectivity index (χ4n) is 2.26. The van der Waals surface area contributed by atoms with Gasteiger partial charge < -0.3 is 20.2 Å². The normalized spacial score (nSPS) is 11.8. The molecule has 7 heteroatoms. The Morgan fingerprint density at radius 1 is 1.27 bits per heavy atom. The number of nitrogens with zero attached hydrogens (tertiary/aromatic N) is 2. The Kier molecular flexibility index (Phi) is 8.91. The Morgan fingerprint density at radius 2 is 2.04 bits per heavy atom. The molecular formula is C19H29IN4O2. The number of aliphatic imine (C=N–C) groups is 1. The summed E-state index contributed by atoms with van der Waals surface area (Å²) in [6.45, 7) is 10.2. The molecule has 0 bridgehead atoms. The molecule has 0 aliphatic heterocycles. The number of rotatable bonds is 6. The third kappa shape index (κ3) is 7.23. The van der Waals surface area contributed by atoms with Crippen LogP contribution in [0.15, 0.2) is 39.9 Å². The lowest BCUT2D eigenvalue weighted by Gasteiger charge is -2.13. The number of benzene rings is 1. The van der Waals surface area contributed by atoms with Gasteiger partial charge in [0, 0.05) is 18.5 Å². The number of guanidine groups is 1. The van der Waals surface area contributed by atoms with Gasteiger partial charge in [-0.05, 0) is 31.0 Å². The van der Waals surface area contributed by atoms with E-state index >= 15 is 0 Å². The summed E-state index contributed by atoms with van der Waals surface area (Å²) in [5, 5.41) is 16.0. The second kappa shape index (κ2) is 10.4. The van der Waals surface area contributed by atoms with Crippen LogP contribution < -0.4 is 10.6 Å². The first-order valence-electron chi connectivity index (χ1n) is 8.63. The minimum absolute atomic E-state index is 0. The third-order valence-corrected chi connectivity index (χ3v) is 3.63. The smallest absolute Gasteiger partial charge is 0.216 e. The van der Waals surface area contributed by atoms with Crippen LogP contribution in [0.5, 0.6) is 5.75 Å². The topological polar surface area (TPSA) is 82.7 Å². The number of hydrogen-bond donors (Lipinski definition) is 3. The predicted octanol–water partition coefficient (Wildman–Crippen LogP) is 3.59. The van der Waals surface area contributed by atoms with Crippen molar-refractivity contribution in [3.8, 4) is 5.75 Å². The van der Waals surface area contributed by atoms with Crippen LogP contribution in [0.4, 0.5) is 0 Å². The summed E-state index contributed by atoms with van der Waals surface area (Å²) in [5.41, 5.74) is 1.02. The number of nitrogens with one attached hydrogen (secondary N) is 2. The number of oxazole rings is 1. The zero-order valence-electron chi connectivity index (χ0n) is 15.9. The van der Waals surface area contributed by atoms with Crippen molar-refractivity contribution in [3.05, 3.63) is 47.7 Å².